The van der Waals surface area contributed by atoms with E-state index in [1.54, 1.807) is 6.07 Å². The smallest absolute Gasteiger partial charge is 0.0595 e. The Morgan fingerprint density at radius 3 is 2.40 bits per heavy atom. The van der Waals surface area contributed by atoms with E-state index in [4.69, 9.17) is 40.5 Å². The summed E-state index contributed by atoms with van der Waals surface area (Å²) in [6, 6.07) is 5.61. The highest BCUT2D eigenvalue weighted by molar-refractivity contribution is 6.42. The van der Waals surface area contributed by atoms with Gasteiger partial charge in [0.05, 0.1) is 10.0 Å². The first-order chi connectivity index (χ1) is 7.10. The molecule has 1 aromatic carbocycles. The average molecular weight is 267 g/mol. The summed E-state index contributed by atoms with van der Waals surface area (Å²) in [5, 5.41) is 1.13. The molecule has 0 aliphatic heterocycles. The first-order valence-corrected chi connectivity index (χ1v) is 6.10. The zero-order valence-corrected chi connectivity index (χ0v) is 10.8. The molecular weight excluding hydrogens is 252 g/mol. The van der Waals surface area contributed by atoms with E-state index in [2.05, 4.69) is 6.92 Å². The fourth-order valence-electron chi connectivity index (χ4n) is 1.55. The van der Waals surface area contributed by atoms with Gasteiger partial charge in [-0.05, 0) is 36.1 Å². The lowest BCUT2D eigenvalue weighted by Gasteiger charge is -2.21. The van der Waals surface area contributed by atoms with Crippen LogP contribution < -0.4 is 5.73 Å². The predicted octanol–water partition coefficient (Wildman–Crippen LogP) is 3.91. The van der Waals surface area contributed by atoms with E-state index in [9.17, 15) is 0 Å². The van der Waals surface area contributed by atoms with Gasteiger partial charge in [0.15, 0.2) is 0 Å². The Labute approximate surface area is 106 Å². The SMILES string of the molecule is C[C@H](CCl)[C@@H](CN)c1ccc(Cl)c(Cl)c1. The Bertz CT molecular complexity index is 328. The van der Waals surface area contributed by atoms with E-state index in [0.29, 0.717) is 28.4 Å². The number of rotatable bonds is 4. The number of halogens is 3. The Balaban J connectivity index is 2.97. The van der Waals surface area contributed by atoms with Gasteiger partial charge >= 0.3 is 0 Å². The molecule has 0 aromatic heterocycles. The molecule has 4 heteroatoms. The molecule has 0 saturated carbocycles. The molecular formula is C11H14Cl3N. The van der Waals surface area contributed by atoms with Crippen molar-refractivity contribution in [3.05, 3.63) is 33.8 Å². The zero-order valence-electron chi connectivity index (χ0n) is 8.51. The standard InChI is InChI=1S/C11H14Cl3N/c1-7(5-12)9(6-15)8-2-3-10(13)11(14)4-8/h2-4,7,9H,5-6,15H2,1H3/t7-,9-/m1/s1. The van der Waals surface area contributed by atoms with Crippen LogP contribution >= 0.6 is 34.8 Å². The van der Waals surface area contributed by atoms with Crippen LogP contribution in [0.5, 0.6) is 0 Å². The van der Waals surface area contributed by atoms with E-state index >= 15 is 0 Å². The lowest BCUT2D eigenvalue weighted by atomic mass is 9.88. The highest BCUT2D eigenvalue weighted by Gasteiger charge is 2.17. The van der Waals surface area contributed by atoms with E-state index in [1.807, 2.05) is 12.1 Å². The molecule has 0 heterocycles. The highest BCUT2D eigenvalue weighted by Crippen LogP contribution is 2.30. The summed E-state index contributed by atoms with van der Waals surface area (Å²) in [4.78, 5) is 0. The van der Waals surface area contributed by atoms with Crippen LogP contribution in [0, 0.1) is 5.92 Å². The van der Waals surface area contributed by atoms with Crippen LogP contribution in [-0.4, -0.2) is 12.4 Å². The van der Waals surface area contributed by atoms with Crippen molar-refractivity contribution < 1.29 is 0 Å². The molecule has 15 heavy (non-hydrogen) atoms. The van der Waals surface area contributed by atoms with Gasteiger partial charge in [0.2, 0.25) is 0 Å². The predicted molar refractivity (Wildman–Crippen MR) is 68.1 cm³/mol. The summed E-state index contributed by atoms with van der Waals surface area (Å²) in [5.74, 6) is 1.15. The van der Waals surface area contributed by atoms with E-state index < -0.39 is 0 Å². The number of hydrogen-bond acceptors (Lipinski definition) is 1. The van der Waals surface area contributed by atoms with Gasteiger partial charge in [-0.1, -0.05) is 36.2 Å². The number of hydrogen-bond donors (Lipinski definition) is 1. The van der Waals surface area contributed by atoms with Crippen molar-refractivity contribution in [2.24, 2.45) is 11.7 Å². The molecule has 0 aliphatic rings. The average Bonchev–Trinajstić information content (AvgIpc) is 2.24. The van der Waals surface area contributed by atoms with Gasteiger partial charge in [-0.2, -0.15) is 0 Å². The second kappa shape index (κ2) is 5.95. The van der Waals surface area contributed by atoms with Crippen LogP contribution in [0.4, 0.5) is 0 Å². The van der Waals surface area contributed by atoms with Gasteiger partial charge in [-0.15, -0.1) is 11.6 Å². The number of alkyl halides is 1. The molecule has 1 aromatic rings. The van der Waals surface area contributed by atoms with Crippen molar-refractivity contribution >= 4 is 34.8 Å². The normalized spacial score (nSPS) is 15.0. The van der Waals surface area contributed by atoms with Crippen molar-refractivity contribution in [1.82, 2.24) is 0 Å². The van der Waals surface area contributed by atoms with E-state index in [0.717, 1.165) is 5.56 Å². The molecule has 0 spiro atoms. The summed E-state index contributed by atoms with van der Waals surface area (Å²) in [5.41, 5.74) is 6.83. The minimum Gasteiger partial charge on any atom is -0.330 e. The molecule has 0 aliphatic carbocycles. The first-order valence-electron chi connectivity index (χ1n) is 4.81. The summed E-state index contributed by atoms with van der Waals surface area (Å²) >= 11 is 17.6. The van der Waals surface area contributed by atoms with Gasteiger partial charge in [0.1, 0.15) is 0 Å². The molecule has 1 rings (SSSR count). The number of nitrogens with two attached hydrogens (primary N) is 1. The molecule has 84 valence electrons. The Morgan fingerprint density at radius 1 is 1.27 bits per heavy atom. The van der Waals surface area contributed by atoms with Crippen LogP contribution in [0.25, 0.3) is 0 Å². The molecule has 0 fully saturated rings. The summed E-state index contributed by atoms with van der Waals surface area (Å²) < 4.78 is 0. The summed E-state index contributed by atoms with van der Waals surface area (Å²) in [7, 11) is 0. The quantitative estimate of drug-likeness (QED) is 0.822. The van der Waals surface area contributed by atoms with Crippen LogP contribution in [0.3, 0.4) is 0 Å². The van der Waals surface area contributed by atoms with Crippen LogP contribution in [-0.2, 0) is 0 Å². The fraction of sp³-hybridized carbons (Fsp3) is 0.455. The second-order valence-electron chi connectivity index (χ2n) is 3.65. The minimum absolute atomic E-state index is 0.234. The zero-order chi connectivity index (χ0) is 11.4. The molecule has 0 saturated heterocycles. The molecule has 0 bridgehead atoms. The lowest BCUT2D eigenvalue weighted by molar-refractivity contribution is 0.511. The third-order valence-electron chi connectivity index (χ3n) is 2.56. The summed E-state index contributed by atoms with van der Waals surface area (Å²) in [6.07, 6.45) is 0. The summed E-state index contributed by atoms with van der Waals surface area (Å²) in [6.45, 7) is 2.64. The van der Waals surface area contributed by atoms with Gasteiger partial charge in [0.25, 0.3) is 0 Å². The third kappa shape index (κ3) is 3.25. The maximum Gasteiger partial charge on any atom is 0.0595 e. The molecule has 0 radical (unpaired) electrons. The van der Waals surface area contributed by atoms with E-state index in [1.165, 1.54) is 0 Å². The largest absolute Gasteiger partial charge is 0.330 e. The van der Waals surface area contributed by atoms with Crippen LogP contribution in [0.2, 0.25) is 10.0 Å². The van der Waals surface area contributed by atoms with Crippen molar-refractivity contribution in [1.29, 1.82) is 0 Å². The Kier molecular flexibility index (Phi) is 5.20. The monoisotopic (exact) mass is 265 g/mol. The minimum atomic E-state index is 0.234. The van der Waals surface area contributed by atoms with Crippen molar-refractivity contribution in [2.45, 2.75) is 12.8 Å². The highest BCUT2D eigenvalue weighted by atomic mass is 35.5. The topological polar surface area (TPSA) is 26.0 Å². The van der Waals surface area contributed by atoms with Crippen LogP contribution in [0.15, 0.2) is 18.2 Å². The van der Waals surface area contributed by atoms with Gasteiger partial charge in [0, 0.05) is 5.88 Å². The van der Waals surface area contributed by atoms with Gasteiger partial charge < -0.3 is 5.73 Å². The van der Waals surface area contributed by atoms with Crippen molar-refractivity contribution in [3.8, 4) is 0 Å². The molecule has 1 nitrogen and oxygen atoms in total. The van der Waals surface area contributed by atoms with Gasteiger partial charge in [-0.3, -0.25) is 0 Å². The number of benzene rings is 1. The van der Waals surface area contributed by atoms with Crippen molar-refractivity contribution in [2.75, 3.05) is 12.4 Å². The Hall–Kier alpha value is 0.0500. The van der Waals surface area contributed by atoms with Crippen molar-refractivity contribution in [3.63, 3.8) is 0 Å². The molecule has 0 unspecified atom stereocenters. The molecule has 2 N–H and O–H groups in total. The third-order valence-corrected chi connectivity index (χ3v) is 3.78. The molecule has 0 amide bonds. The van der Waals surface area contributed by atoms with Crippen LogP contribution in [0.1, 0.15) is 18.4 Å². The maximum atomic E-state index is 5.96. The molecule has 2 atom stereocenters. The second-order valence-corrected chi connectivity index (χ2v) is 4.77. The van der Waals surface area contributed by atoms with E-state index in [-0.39, 0.29) is 5.92 Å². The first kappa shape index (κ1) is 13.1. The van der Waals surface area contributed by atoms with Gasteiger partial charge in [-0.25, -0.2) is 0 Å². The fourth-order valence-corrected chi connectivity index (χ4v) is 2.07. The maximum absolute atomic E-state index is 5.96. The lowest BCUT2D eigenvalue weighted by Crippen LogP contribution is -2.20. The Morgan fingerprint density at radius 2 is 1.93 bits per heavy atom.